The maximum Gasteiger partial charge on any atom is 0.0650 e. The third-order valence-corrected chi connectivity index (χ3v) is 4.90. The summed E-state index contributed by atoms with van der Waals surface area (Å²) in [5.41, 5.74) is 1.01. The minimum Gasteiger partial charge on any atom is -0.393 e. The number of hydrogen-bond donors (Lipinski definition) is 1. The molecule has 0 saturated heterocycles. The molecule has 0 spiro atoms. The van der Waals surface area contributed by atoms with Crippen molar-refractivity contribution in [3.63, 3.8) is 0 Å². The van der Waals surface area contributed by atoms with Crippen LogP contribution in [0.15, 0.2) is 29.8 Å². The molecule has 0 aromatic carbocycles. The second-order valence-electron chi connectivity index (χ2n) is 5.59. The molecule has 1 atom stereocenters. The molecular formula is C17H26N2OS. The lowest BCUT2D eigenvalue weighted by Gasteiger charge is -2.13. The van der Waals surface area contributed by atoms with Gasteiger partial charge in [-0.1, -0.05) is 19.9 Å². The summed E-state index contributed by atoms with van der Waals surface area (Å²) in [5, 5.41) is 16.9. The molecule has 0 saturated carbocycles. The minimum atomic E-state index is -0.282. The zero-order chi connectivity index (χ0) is 15.1. The van der Waals surface area contributed by atoms with Crippen molar-refractivity contribution in [2.24, 2.45) is 0 Å². The highest BCUT2D eigenvalue weighted by atomic mass is 32.1. The molecule has 1 N–H and O–H groups in total. The van der Waals surface area contributed by atoms with Gasteiger partial charge in [0.25, 0.3) is 0 Å². The molecule has 0 amide bonds. The first-order valence-electron chi connectivity index (χ1n) is 7.97. The zero-order valence-corrected chi connectivity index (χ0v) is 13.9. The van der Waals surface area contributed by atoms with Crippen LogP contribution in [-0.2, 0) is 12.8 Å². The van der Waals surface area contributed by atoms with Crippen molar-refractivity contribution < 1.29 is 5.11 Å². The van der Waals surface area contributed by atoms with Gasteiger partial charge in [-0.05, 0) is 49.6 Å². The van der Waals surface area contributed by atoms with Gasteiger partial charge in [0.1, 0.15) is 0 Å². The lowest BCUT2D eigenvalue weighted by atomic mass is 10.1. The fourth-order valence-electron chi connectivity index (χ4n) is 2.66. The predicted molar refractivity (Wildman–Crippen MR) is 88.8 cm³/mol. The van der Waals surface area contributed by atoms with E-state index >= 15 is 0 Å². The topological polar surface area (TPSA) is 38.0 Å². The molecule has 0 radical (unpaired) electrons. The second-order valence-corrected chi connectivity index (χ2v) is 6.62. The highest BCUT2D eigenvalue weighted by Crippen LogP contribution is 2.16. The average Bonchev–Trinajstić information content (AvgIpc) is 3.12. The van der Waals surface area contributed by atoms with E-state index < -0.39 is 0 Å². The Morgan fingerprint density at radius 3 is 2.76 bits per heavy atom. The molecule has 3 nitrogen and oxygen atoms in total. The molecule has 2 aromatic rings. The van der Waals surface area contributed by atoms with E-state index in [0.717, 1.165) is 37.8 Å². The lowest BCUT2D eigenvalue weighted by Crippen LogP contribution is -2.13. The van der Waals surface area contributed by atoms with Crippen LogP contribution in [0.3, 0.4) is 0 Å². The highest BCUT2D eigenvalue weighted by Gasteiger charge is 2.11. The zero-order valence-electron chi connectivity index (χ0n) is 13.0. The van der Waals surface area contributed by atoms with Crippen molar-refractivity contribution in [2.45, 2.75) is 64.5 Å². The molecule has 0 aliphatic carbocycles. The van der Waals surface area contributed by atoms with Gasteiger partial charge in [0, 0.05) is 17.5 Å². The van der Waals surface area contributed by atoms with E-state index in [1.165, 1.54) is 4.88 Å². The van der Waals surface area contributed by atoms with Crippen LogP contribution < -0.4 is 0 Å². The Kier molecular flexibility index (Phi) is 6.46. The monoisotopic (exact) mass is 306 g/mol. The first-order valence-corrected chi connectivity index (χ1v) is 8.85. The van der Waals surface area contributed by atoms with E-state index in [2.05, 4.69) is 36.5 Å². The fraction of sp³-hybridized carbons (Fsp3) is 0.588. The van der Waals surface area contributed by atoms with Crippen molar-refractivity contribution in [1.29, 1.82) is 0 Å². The van der Waals surface area contributed by atoms with Gasteiger partial charge in [-0.15, -0.1) is 11.3 Å². The van der Waals surface area contributed by atoms with Crippen LogP contribution in [0.1, 0.15) is 56.1 Å². The first kappa shape index (κ1) is 16.2. The summed E-state index contributed by atoms with van der Waals surface area (Å²) in [4.78, 5) is 1.40. The van der Waals surface area contributed by atoms with E-state index in [4.69, 9.17) is 0 Å². The van der Waals surface area contributed by atoms with Crippen LogP contribution in [0.25, 0.3) is 0 Å². The summed E-state index contributed by atoms with van der Waals surface area (Å²) in [6, 6.07) is 6.77. The molecule has 0 bridgehead atoms. The fourth-order valence-corrected chi connectivity index (χ4v) is 3.41. The smallest absolute Gasteiger partial charge is 0.0650 e. The minimum absolute atomic E-state index is 0.282. The SMILES string of the molecule is CCC(CC)n1ccc(CC(O)CCCc2cccs2)n1. The quantitative estimate of drug-likeness (QED) is 0.753. The Bertz CT molecular complexity index is 503. The molecule has 1 unspecified atom stereocenters. The molecule has 2 heterocycles. The molecule has 2 rings (SSSR count). The molecule has 21 heavy (non-hydrogen) atoms. The van der Waals surface area contributed by atoms with Crippen molar-refractivity contribution in [1.82, 2.24) is 9.78 Å². The van der Waals surface area contributed by atoms with Crippen molar-refractivity contribution in [3.05, 3.63) is 40.3 Å². The van der Waals surface area contributed by atoms with Gasteiger partial charge < -0.3 is 5.11 Å². The molecule has 2 aromatic heterocycles. The molecule has 0 fully saturated rings. The standard InChI is InChI=1S/C17H26N2OS/c1-3-15(4-2)19-11-10-14(18-19)13-16(20)7-5-8-17-9-6-12-21-17/h6,9-12,15-16,20H,3-5,7-8,13H2,1-2H3. The van der Waals surface area contributed by atoms with Crippen molar-refractivity contribution >= 4 is 11.3 Å². The number of thiophene rings is 1. The summed E-state index contributed by atoms with van der Waals surface area (Å²) in [7, 11) is 0. The first-order chi connectivity index (χ1) is 10.2. The molecule has 0 aliphatic heterocycles. The van der Waals surface area contributed by atoms with Gasteiger partial charge >= 0.3 is 0 Å². The van der Waals surface area contributed by atoms with Gasteiger partial charge in [0.05, 0.1) is 17.8 Å². The number of hydrogen-bond acceptors (Lipinski definition) is 3. The number of aliphatic hydroxyl groups excluding tert-OH is 1. The van der Waals surface area contributed by atoms with Crippen LogP contribution in [0.2, 0.25) is 0 Å². The Balaban J connectivity index is 1.75. The summed E-state index contributed by atoms with van der Waals surface area (Å²) in [5.74, 6) is 0. The Morgan fingerprint density at radius 2 is 2.10 bits per heavy atom. The number of aromatic nitrogens is 2. The number of nitrogens with zero attached hydrogens (tertiary/aromatic N) is 2. The van der Waals surface area contributed by atoms with Crippen LogP contribution in [0, 0.1) is 0 Å². The normalized spacial score (nSPS) is 13.0. The number of aliphatic hydroxyl groups is 1. The summed E-state index contributed by atoms with van der Waals surface area (Å²) < 4.78 is 2.05. The number of aryl methyl sites for hydroxylation is 1. The summed E-state index contributed by atoms with van der Waals surface area (Å²) in [6.07, 6.45) is 7.57. The molecular weight excluding hydrogens is 280 g/mol. The van der Waals surface area contributed by atoms with Crippen LogP contribution >= 0.6 is 11.3 Å². The predicted octanol–water partition coefficient (Wildman–Crippen LogP) is 4.23. The van der Waals surface area contributed by atoms with Crippen LogP contribution in [0.5, 0.6) is 0 Å². The molecule has 0 aliphatic rings. The van der Waals surface area contributed by atoms with E-state index in [1.54, 1.807) is 11.3 Å². The molecule has 116 valence electrons. The van der Waals surface area contributed by atoms with E-state index in [0.29, 0.717) is 12.5 Å². The summed E-state index contributed by atoms with van der Waals surface area (Å²) in [6.45, 7) is 4.38. The highest BCUT2D eigenvalue weighted by molar-refractivity contribution is 7.09. The Labute approximate surface area is 131 Å². The maximum atomic E-state index is 10.1. The van der Waals surface area contributed by atoms with E-state index in [-0.39, 0.29) is 6.10 Å². The van der Waals surface area contributed by atoms with Gasteiger partial charge in [-0.3, -0.25) is 4.68 Å². The lowest BCUT2D eigenvalue weighted by molar-refractivity contribution is 0.160. The van der Waals surface area contributed by atoms with E-state index in [1.807, 2.05) is 16.9 Å². The molecule has 4 heteroatoms. The van der Waals surface area contributed by atoms with Gasteiger partial charge in [-0.2, -0.15) is 5.10 Å². The van der Waals surface area contributed by atoms with Crippen LogP contribution in [-0.4, -0.2) is 21.0 Å². The Hall–Kier alpha value is -1.13. The number of rotatable bonds is 9. The van der Waals surface area contributed by atoms with Gasteiger partial charge in [-0.25, -0.2) is 0 Å². The van der Waals surface area contributed by atoms with Crippen molar-refractivity contribution in [3.8, 4) is 0 Å². The third-order valence-electron chi connectivity index (χ3n) is 3.97. The van der Waals surface area contributed by atoms with Crippen LogP contribution in [0.4, 0.5) is 0 Å². The van der Waals surface area contributed by atoms with Crippen molar-refractivity contribution in [2.75, 3.05) is 0 Å². The van der Waals surface area contributed by atoms with E-state index in [9.17, 15) is 5.11 Å². The maximum absolute atomic E-state index is 10.1. The van der Waals surface area contributed by atoms with Gasteiger partial charge in [0.15, 0.2) is 0 Å². The largest absolute Gasteiger partial charge is 0.393 e. The van der Waals surface area contributed by atoms with Gasteiger partial charge in [0.2, 0.25) is 0 Å². The second kappa shape index (κ2) is 8.35. The third kappa shape index (κ3) is 4.97. The Morgan fingerprint density at radius 1 is 1.29 bits per heavy atom. The average molecular weight is 306 g/mol. The summed E-state index contributed by atoms with van der Waals surface area (Å²) >= 11 is 1.79.